The third kappa shape index (κ3) is 5.52. The SMILES string of the molecule is Cc1cc(Cl)c(N2CCN(C(C)(C)C)CC2)cc1NC(=O)OC(C)(C)C. The van der Waals surface area contributed by atoms with Gasteiger partial charge in [0, 0.05) is 37.4 Å². The molecule has 0 aliphatic carbocycles. The van der Waals surface area contributed by atoms with Crippen LogP contribution in [0, 0.1) is 6.92 Å². The van der Waals surface area contributed by atoms with E-state index in [1.165, 1.54) is 0 Å². The molecule has 1 amide bonds. The van der Waals surface area contributed by atoms with Crippen molar-refractivity contribution in [2.75, 3.05) is 36.4 Å². The standard InChI is InChI=1S/C20H32ClN3O2/c1-14-12-15(21)17(13-16(14)22-18(25)26-20(5,6)7)23-8-10-24(11-9-23)19(2,3)4/h12-13H,8-11H2,1-7H3,(H,22,25). The van der Waals surface area contributed by atoms with Crippen LogP contribution in [0.25, 0.3) is 0 Å². The highest BCUT2D eigenvalue weighted by Gasteiger charge is 2.27. The number of benzene rings is 1. The molecule has 1 N–H and O–H groups in total. The van der Waals surface area contributed by atoms with Gasteiger partial charge in [0.05, 0.1) is 10.7 Å². The minimum Gasteiger partial charge on any atom is -0.444 e. The number of ether oxygens (including phenoxy) is 1. The van der Waals surface area contributed by atoms with E-state index in [-0.39, 0.29) is 5.54 Å². The second kappa shape index (κ2) is 7.65. The Morgan fingerprint density at radius 2 is 1.65 bits per heavy atom. The Morgan fingerprint density at radius 3 is 2.15 bits per heavy atom. The van der Waals surface area contributed by atoms with Crippen molar-refractivity contribution in [2.24, 2.45) is 0 Å². The van der Waals surface area contributed by atoms with E-state index >= 15 is 0 Å². The first-order valence-corrected chi connectivity index (χ1v) is 9.55. The highest BCUT2D eigenvalue weighted by molar-refractivity contribution is 6.33. The van der Waals surface area contributed by atoms with E-state index in [0.29, 0.717) is 5.02 Å². The number of anilines is 2. The second-order valence-corrected chi connectivity index (χ2v) is 9.30. The molecule has 0 unspecified atom stereocenters. The van der Waals surface area contributed by atoms with E-state index in [0.717, 1.165) is 43.1 Å². The van der Waals surface area contributed by atoms with Crippen molar-refractivity contribution in [1.29, 1.82) is 0 Å². The highest BCUT2D eigenvalue weighted by atomic mass is 35.5. The Balaban J connectivity index is 2.14. The molecule has 1 aromatic carbocycles. The lowest BCUT2D eigenvalue weighted by Crippen LogP contribution is -2.53. The van der Waals surface area contributed by atoms with Crippen LogP contribution in [0.5, 0.6) is 0 Å². The Hall–Kier alpha value is -1.46. The van der Waals surface area contributed by atoms with Gasteiger partial charge in [-0.25, -0.2) is 4.79 Å². The van der Waals surface area contributed by atoms with Crippen molar-refractivity contribution in [1.82, 2.24) is 4.90 Å². The summed E-state index contributed by atoms with van der Waals surface area (Å²) in [5.74, 6) is 0. The van der Waals surface area contributed by atoms with E-state index in [9.17, 15) is 4.79 Å². The van der Waals surface area contributed by atoms with Crippen LogP contribution in [0.15, 0.2) is 12.1 Å². The quantitative estimate of drug-likeness (QED) is 0.790. The summed E-state index contributed by atoms with van der Waals surface area (Å²) in [6.45, 7) is 18.0. The number of piperazine rings is 1. The first kappa shape index (κ1) is 20.8. The van der Waals surface area contributed by atoms with Gasteiger partial charge in [0.25, 0.3) is 0 Å². The molecule has 5 nitrogen and oxygen atoms in total. The fourth-order valence-corrected chi connectivity index (χ4v) is 3.41. The summed E-state index contributed by atoms with van der Waals surface area (Å²) < 4.78 is 5.36. The molecule has 26 heavy (non-hydrogen) atoms. The van der Waals surface area contributed by atoms with Crippen molar-refractivity contribution < 1.29 is 9.53 Å². The molecule has 0 bridgehead atoms. The lowest BCUT2D eigenvalue weighted by Gasteiger charge is -2.43. The average molecular weight is 382 g/mol. The molecule has 1 aromatic rings. The van der Waals surface area contributed by atoms with Gasteiger partial charge in [-0.1, -0.05) is 11.6 Å². The van der Waals surface area contributed by atoms with Gasteiger partial charge in [-0.3, -0.25) is 10.2 Å². The largest absolute Gasteiger partial charge is 0.444 e. The van der Waals surface area contributed by atoms with Crippen molar-refractivity contribution in [2.45, 2.75) is 59.6 Å². The maximum Gasteiger partial charge on any atom is 0.412 e. The summed E-state index contributed by atoms with van der Waals surface area (Å²) in [4.78, 5) is 16.9. The van der Waals surface area contributed by atoms with Gasteiger partial charge in [0.2, 0.25) is 0 Å². The normalized spacial score (nSPS) is 16.5. The molecule has 1 heterocycles. The summed E-state index contributed by atoms with van der Waals surface area (Å²) in [5.41, 5.74) is 2.25. The predicted octanol–water partition coefficient (Wildman–Crippen LogP) is 4.92. The number of amides is 1. The molecule has 0 aromatic heterocycles. The van der Waals surface area contributed by atoms with Crippen molar-refractivity contribution in [3.05, 3.63) is 22.7 Å². The van der Waals surface area contributed by atoms with Gasteiger partial charge < -0.3 is 9.64 Å². The molecule has 6 heteroatoms. The lowest BCUT2D eigenvalue weighted by molar-refractivity contribution is 0.0636. The van der Waals surface area contributed by atoms with E-state index in [4.69, 9.17) is 16.3 Å². The van der Waals surface area contributed by atoms with Gasteiger partial charge in [-0.05, 0) is 66.2 Å². The van der Waals surface area contributed by atoms with Gasteiger partial charge >= 0.3 is 6.09 Å². The number of nitrogens with one attached hydrogen (secondary N) is 1. The predicted molar refractivity (Wildman–Crippen MR) is 110 cm³/mol. The smallest absolute Gasteiger partial charge is 0.412 e. The summed E-state index contributed by atoms with van der Waals surface area (Å²) in [7, 11) is 0. The molecular formula is C20H32ClN3O2. The van der Waals surface area contributed by atoms with Gasteiger partial charge in [-0.2, -0.15) is 0 Å². The molecular weight excluding hydrogens is 350 g/mol. The molecule has 2 rings (SSSR count). The molecule has 146 valence electrons. The molecule has 0 saturated carbocycles. The van der Waals surface area contributed by atoms with E-state index in [1.54, 1.807) is 0 Å². The number of halogens is 1. The van der Waals surface area contributed by atoms with E-state index in [1.807, 2.05) is 39.8 Å². The first-order chi connectivity index (χ1) is 11.9. The van der Waals surface area contributed by atoms with Crippen molar-refractivity contribution in [3.8, 4) is 0 Å². The topological polar surface area (TPSA) is 44.8 Å². The monoisotopic (exact) mass is 381 g/mol. The van der Waals surface area contributed by atoms with Crippen LogP contribution < -0.4 is 10.2 Å². The Labute approximate surface area is 162 Å². The fraction of sp³-hybridized carbons (Fsp3) is 0.650. The van der Waals surface area contributed by atoms with Crippen LogP contribution in [-0.2, 0) is 4.74 Å². The third-order valence-corrected chi connectivity index (χ3v) is 4.80. The first-order valence-electron chi connectivity index (χ1n) is 9.17. The zero-order valence-electron chi connectivity index (χ0n) is 17.1. The lowest BCUT2D eigenvalue weighted by atomic mass is 10.0. The van der Waals surface area contributed by atoms with Crippen LogP contribution in [0.3, 0.4) is 0 Å². The van der Waals surface area contributed by atoms with Crippen molar-refractivity contribution >= 4 is 29.1 Å². The van der Waals surface area contributed by atoms with Crippen LogP contribution in [0.1, 0.15) is 47.1 Å². The maximum atomic E-state index is 12.1. The molecule has 1 fully saturated rings. The minimum atomic E-state index is -0.531. The van der Waals surface area contributed by atoms with Crippen LogP contribution in [0.2, 0.25) is 5.02 Å². The molecule has 1 aliphatic heterocycles. The van der Waals surface area contributed by atoms with Crippen LogP contribution >= 0.6 is 11.6 Å². The number of aryl methyl sites for hydroxylation is 1. The number of rotatable bonds is 2. The van der Waals surface area contributed by atoms with Gasteiger partial charge in [0.15, 0.2) is 0 Å². The van der Waals surface area contributed by atoms with E-state index < -0.39 is 11.7 Å². The summed E-state index contributed by atoms with van der Waals surface area (Å²) in [6.07, 6.45) is -0.452. The molecule has 0 spiro atoms. The van der Waals surface area contributed by atoms with Gasteiger partial charge in [0.1, 0.15) is 5.60 Å². The maximum absolute atomic E-state index is 12.1. The average Bonchev–Trinajstić information content (AvgIpc) is 2.47. The second-order valence-electron chi connectivity index (χ2n) is 8.89. The van der Waals surface area contributed by atoms with Crippen molar-refractivity contribution in [3.63, 3.8) is 0 Å². The summed E-state index contributed by atoms with van der Waals surface area (Å²) in [6, 6.07) is 3.86. The van der Waals surface area contributed by atoms with Crippen LogP contribution in [-0.4, -0.2) is 48.3 Å². The van der Waals surface area contributed by atoms with E-state index in [2.05, 4.69) is 35.9 Å². The zero-order valence-corrected chi connectivity index (χ0v) is 17.8. The zero-order chi connectivity index (χ0) is 19.7. The third-order valence-electron chi connectivity index (χ3n) is 4.50. The molecule has 0 atom stereocenters. The summed E-state index contributed by atoms with van der Waals surface area (Å²) >= 11 is 6.50. The number of hydrogen-bond acceptors (Lipinski definition) is 4. The number of hydrogen-bond donors (Lipinski definition) is 1. The summed E-state index contributed by atoms with van der Waals surface area (Å²) in [5, 5.41) is 3.56. The number of nitrogens with zero attached hydrogens (tertiary/aromatic N) is 2. The Bertz CT molecular complexity index is 654. The molecule has 0 radical (unpaired) electrons. The van der Waals surface area contributed by atoms with Gasteiger partial charge in [-0.15, -0.1) is 0 Å². The molecule has 1 saturated heterocycles. The Kier molecular flexibility index (Phi) is 6.13. The fourth-order valence-electron chi connectivity index (χ4n) is 3.07. The Morgan fingerprint density at radius 1 is 1.08 bits per heavy atom. The number of carbonyl (C=O) groups excluding carboxylic acids is 1. The minimum absolute atomic E-state index is 0.173. The highest BCUT2D eigenvalue weighted by Crippen LogP contribution is 2.33. The molecule has 1 aliphatic rings. The number of carbonyl (C=O) groups is 1. The van der Waals surface area contributed by atoms with Crippen LogP contribution in [0.4, 0.5) is 16.2 Å².